The SMILES string of the molecule is Cc1ccc(-n2cc(CCN)nc2C)c(Br)c1. The summed E-state index contributed by atoms with van der Waals surface area (Å²) in [7, 11) is 0. The lowest BCUT2D eigenvalue weighted by molar-refractivity contribution is 0.928. The van der Waals surface area contributed by atoms with Crippen molar-refractivity contribution in [3.05, 3.63) is 46.0 Å². The molecule has 0 spiro atoms. The fraction of sp³-hybridized carbons (Fsp3) is 0.308. The highest BCUT2D eigenvalue weighted by Crippen LogP contribution is 2.23. The van der Waals surface area contributed by atoms with Crippen LogP contribution in [0, 0.1) is 13.8 Å². The Morgan fingerprint density at radius 1 is 1.35 bits per heavy atom. The van der Waals surface area contributed by atoms with E-state index in [4.69, 9.17) is 5.73 Å². The first-order valence-electron chi connectivity index (χ1n) is 5.63. The first kappa shape index (κ1) is 12.3. The maximum Gasteiger partial charge on any atom is 0.110 e. The van der Waals surface area contributed by atoms with Gasteiger partial charge in [-0.3, -0.25) is 0 Å². The number of hydrogen-bond donors (Lipinski definition) is 1. The van der Waals surface area contributed by atoms with Crippen molar-refractivity contribution in [3.8, 4) is 5.69 Å². The number of benzene rings is 1. The second kappa shape index (κ2) is 5.02. The molecule has 0 aliphatic heterocycles. The topological polar surface area (TPSA) is 43.8 Å². The van der Waals surface area contributed by atoms with Crippen molar-refractivity contribution in [2.75, 3.05) is 6.54 Å². The summed E-state index contributed by atoms with van der Waals surface area (Å²) in [5.74, 6) is 0.984. The molecular weight excluding hydrogens is 278 g/mol. The van der Waals surface area contributed by atoms with E-state index >= 15 is 0 Å². The number of nitrogens with zero attached hydrogens (tertiary/aromatic N) is 2. The fourth-order valence-corrected chi connectivity index (χ4v) is 2.54. The molecule has 2 aromatic rings. The summed E-state index contributed by atoms with van der Waals surface area (Å²) in [6.45, 7) is 4.72. The number of halogens is 1. The molecule has 2 N–H and O–H groups in total. The summed E-state index contributed by atoms with van der Waals surface area (Å²) in [5, 5.41) is 0. The van der Waals surface area contributed by atoms with E-state index in [1.807, 2.05) is 6.92 Å². The van der Waals surface area contributed by atoms with Crippen LogP contribution in [0.5, 0.6) is 0 Å². The zero-order valence-electron chi connectivity index (χ0n) is 10.1. The Bertz CT molecular complexity index is 531. The third-order valence-corrected chi connectivity index (χ3v) is 3.33. The molecule has 1 aromatic carbocycles. The van der Waals surface area contributed by atoms with E-state index in [-0.39, 0.29) is 0 Å². The van der Waals surface area contributed by atoms with Gasteiger partial charge in [-0.25, -0.2) is 4.98 Å². The minimum atomic E-state index is 0.630. The van der Waals surface area contributed by atoms with Crippen molar-refractivity contribution in [2.24, 2.45) is 5.73 Å². The fourth-order valence-electron chi connectivity index (χ4n) is 1.85. The van der Waals surface area contributed by atoms with Crippen molar-refractivity contribution in [3.63, 3.8) is 0 Å². The molecule has 1 aromatic heterocycles. The van der Waals surface area contributed by atoms with Crippen LogP contribution in [0.1, 0.15) is 17.1 Å². The maximum atomic E-state index is 5.55. The maximum absolute atomic E-state index is 5.55. The van der Waals surface area contributed by atoms with Crippen LogP contribution in [0.25, 0.3) is 5.69 Å². The second-order valence-electron chi connectivity index (χ2n) is 4.14. The zero-order chi connectivity index (χ0) is 12.4. The van der Waals surface area contributed by atoms with Crippen LogP contribution >= 0.6 is 15.9 Å². The molecule has 1 heterocycles. The number of rotatable bonds is 3. The molecule has 4 heteroatoms. The number of aromatic nitrogens is 2. The van der Waals surface area contributed by atoms with Gasteiger partial charge in [-0.2, -0.15) is 0 Å². The Morgan fingerprint density at radius 2 is 2.12 bits per heavy atom. The first-order valence-corrected chi connectivity index (χ1v) is 6.42. The zero-order valence-corrected chi connectivity index (χ0v) is 11.7. The minimum Gasteiger partial charge on any atom is -0.330 e. The molecule has 0 aliphatic carbocycles. The highest BCUT2D eigenvalue weighted by Gasteiger charge is 2.08. The Balaban J connectivity index is 2.45. The molecule has 90 valence electrons. The van der Waals surface area contributed by atoms with Crippen LogP contribution in [0.4, 0.5) is 0 Å². The molecular formula is C13H16BrN3. The van der Waals surface area contributed by atoms with Gasteiger partial charge in [0.25, 0.3) is 0 Å². The smallest absolute Gasteiger partial charge is 0.110 e. The van der Waals surface area contributed by atoms with Gasteiger partial charge in [-0.05, 0) is 54.0 Å². The minimum absolute atomic E-state index is 0.630. The molecule has 0 atom stereocenters. The quantitative estimate of drug-likeness (QED) is 0.946. The Morgan fingerprint density at radius 3 is 2.76 bits per heavy atom. The van der Waals surface area contributed by atoms with Crippen LogP contribution in [0.15, 0.2) is 28.9 Å². The third kappa shape index (κ3) is 2.58. The van der Waals surface area contributed by atoms with E-state index in [2.05, 4.69) is 56.8 Å². The van der Waals surface area contributed by atoms with Crippen molar-refractivity contribution >= 4 is 15.9 Å². The molecule has 3 nitrogen and oxygen atoms in total. The van der Waals surface area contributed by atoms with E-state index in [9.17, 15) is 0 Å². The van der Waals surface area contributed by atoms with Gasteiger partial charge in [0, 0.05) is 17.1 Å². The monoisotopic (exact) mass is 293 g/mol. The average molecular weight is 294 g/mol. The number of nitrogens with two attached hydrogens (primary N) is 1. The van der Waals surface area contributed by atoms with Gasteiger partial charge in [0.1, 0.15) is 5.82 Å². The molecule has 0 radical (unpaired) electrons. The average Bonchev–Trinajstić information content (AvgIpc) is 2.60. The molecule has 17 heavy (non-hydrogen) atoms. The molecule has 0 aliphatic rings. The third-order valence-electron chi connectivity index (χ3n) is 2.70. The Labute approximate surface area is 110 Å². The molecule has 0 saturated carbocycles. The Kier molecular flexibility index (Phi) is 3.64. The van der Waals surface area contributed by atoms with E-state index in [1.54, 1.807) is 0 Å². The highest BCUT2D eigenvalue weighted by molar-refractivity contribution is 9.10. The van der Waals surface area contributed by atoms with Gasteiger partial charge >= 0.3 is 0 Å². The van der Waals surface area contributed by atoms with E-state index in [0.717, 1.165) is 28.1 Å². The molecule has 0 saturated heterocycles. The highest BCUT2D eigenvalue weighted by atomic mass is 79.9. The molecule has 0 bridgehead atoms. The van der Waals surface area contributed by atoms with Crippen LogP contribution < -0.4 is 5.73 Å². The van der Waals surface area contributed by atoms with Crippen molar-refractivity contribution in [2.45, 2.75) is 20.3 Å². The number of imidazole rings is 1. The summed E-state index contributed by atoms with van der Waals surface area (Å²) in [5.41, 5.74) is 8.94. The second-order valence-corrected chi connectivity index (χ2v) is 5.00. The van der Waals surface area contributed by atoms with Crippen molar-refractivity contribution < 1.29 is 0 Å². The molecule has 0 unspecified atom stereocenters. The van der Waals surface area contributed by atoms with E-state index in [0.29, 0.717) is 6.54 Å². The van der Waals surface area contributed by atoms with Gasteiger partial charge in [0.05, 0.1) is 11.4 Å². The van der Waals surface area contributed by atoms with Gasteiger partial charge in [-0.1, -0.05) is 6.07 Å². The van der Waals surface area contributed by atoms with Crippen molar-refractivity contribution in [1.82, 2.24) is 9.55 Å². The van der Waals surface area contributed by atoms with Crippen LogP contribution in [-0.4, -0.2) is 16.1 Å². The number of hydrogen-bond acceptors (Lipinski definition) is 2. The molecule has 0 amide bonds. The summed E-state index contributed by atoms with van der Waals surface area (Å²) in [4.78, 5) is 4.50. The Hall–Kier alpha value is -1.13. The molecule has 0 fully saturated rings. The lowest BCUT2D eigenvalue weighted by atomic mass is 10.2. The van der Waals surface area contributed by atoms with Gasteiger partial charge in [0.15, 0.2) is 0 Å². The molecule has 2 rings (SSSR count). The van der Waals surface area contributed by atoms with Gasteiger partial charge in [0.2, 0.25) is 0 Å². The standard InChI is InChI=1S/C13H16BrN3/c1-9-3-4-13(12(14)7-9)17-8-11(5-6-15)16-10(17)2/h3-4,7-8H,5-6,15H2,1-2H3. The van der Waals surface area contributed by atoms with E-state index < -0.39 is 0 Å². The van der Waals surface area contributed by atoms with Crippen LogP contribution in [0.3, 0.4) is 0 Å². The lowest BCUT2D eigenvalue weighted by Gasteiger charge is -2.08. The first-order chi connectivity index (χ1) is 8.11. The number of aryl methyl sites for hydroxylation is 2. The van der Waals surface area contributed by atoms with Crippen LogP contribution in [0.2, 0.25) is 0 Å². The summed E-state index contributed by atoms with van der Waals surface area (Å²) >= 11 is 3.59. The van der Waals surface area contributed by atoms with Crippen LogP contribution in [-0.2, 0) is 6.42 Å². The van der Waals surface area contributed by atoms with Gasteiger partial charge < -0.3 is 10.3 Å². The summed E-state index contributed by atoms with van der Waals surface area (Å²) < 4.78 is 3.17. The van der Waals surface area contributed by atoms with Crippen molar-refractivity contribution in [1.29, 1.82) is 0 Å². The predicted octanol–water partition coefficient (Wildman–Crippen LogP) is 2.75. The predicted molar refractivity (Wildman–Crippen MR) is 73.5 cm³/mol. The summed E-state index contributed by atoms with van der Waals surface area (Å²) in [6, 6.07) is 6.31. The largest absolute Gasteiger partial charge is 0.330 e. The lowest BCUT2D eigenvalue weighted by Crippen LogP contribution is -2.02. The van der Waals surface area contributed by atoms with E-state index in [1.165, 1.54) is 5.56 Å². The normalized spacial score (nSPS) is 10.8. The summed E-state index contributed by atoms with van der Waals surface area (Å²) in [6.07, 6.45) is 2.87. The van der Waals surface area contributed by atoms with Gasteiger partial charge in [-0.15, -0.1) is 0 Å².